The van der Waals surface area contributed by atoms with Crippen molar-refractivity contribution in [1.82, 2.24) is 5.32 Å². The Morgan fingerprint density at radius 1 is 0.913 bits per heavy atom. The average Bonchev–Trinajstić information content (AvgIpc) is 2.60. The van der Waals surface area contributed by atoms with E-state index in [4.69, 9.17) is 0 Å². The van der Waals surface area contributed by atoms with Crippen molar-refractivity contribution in [2.45, 2.75) is 105 Å². The van der Waals surface area contributed by atoms with Crippen molar-refractivity contribution in [2.24, 2.45) is 10.8 Å². The average molecular weight is 322 g/mol. The van der Waals surface area contributed by atoms with Crippen molar-refractivity contribution >= 4 is 5.78 Å². The van der Waals surface area contributed by atoms with Crippen molar-refractivity contribution in [3.63, 3.8) is 0 Å². The van der Waals surface area contributed by atoms with E-state index in [2.05, 4.69) is 46.9 Å². The van der Waals surface area contributed by atoms with Crippen LogP contribution in [0.4, 0.5) is 0 Å². The molecule has 1 aliphatic carbocycles. The van der Waals surface area contributed by atoms with Gasteiger partial charge in [-0.15, -0.1) is 0 Å². The van der Waals surface area contributed by atoms with Gasteiger partial charge in [-0.3, -0.25) is 4.79 Å². The highest BCUT2D eigenvalue weighted by molar-refractivity contribution is 5.95. The van der Waals surface area contributed by atoms with Gasteiger partial charge in [0, 0.05) is 28.6 Å². The van der Waals surface area contributed by atoms with Gasteiger partial charge in [0.25, 0.3) is 0 Å². The van der Waals surface area contributed by atoms with Crippen LogP contribution >= 0.6 is 0 Å². The fourth-order valence-corrected chi connectivity index (χ4v) is 3.39. The SMILES string of the molecule is CCC(C)(CC)C(=O)C=C(NC1CCCCC1)C(C)(CC)CC. The molecule has 134 valence electrons. The zero-order chi connectivity index (χ0) is 17.5. The Hall–Kier alpha value is -0.790. The molecule has 0 aromatic heterocycles. The molecule has 0 aliphatic heterocycles. The molecule has 0 amide bonds. The van der Waals surface area contributed by atoms with E-state index in [9.17, 15) is 4.79 Å². The molecule has 0 radical (unpaired) electrons. The summed E-state index contributed by atoms with van der Waals surface area (Å²) < 4.78 is 0. The number of carbonyl (C=O) groups is 1. The first-order valence-electron chi connectivity index (χ1n) is 9.88. The third-order valence-electron chi connectivity index (χ3n) is 6.61. The molecular weight excluding hydrogens is 282 g/mol. The van der Waals surface area contributed by atoms with Gasteiger partial charge in [-0.1, -0.05) is 60.8 Å². The predicted molar refractivity (Wildman–Crippen MR) is 100 cm³/mol. The summed E-state index contributed by atoms with van der Waals surface area (Å²) >= 11 is 0. The minimum atomic E-state index is -0.220. The van der Waals surface area contributed by atoms with Crippen LogP contribution in [0, 0.1) is 10.8 Å². The molecule has 0 heterocycles. The summed E-state index contributed by atoms with van der Waals surface area (Å²) in [5.41, 5.74) is 1.05. The molecule has 1 N–H and O–H groups in total. The van der Waals surface area contributed by atoms with Crippen LogP contribution in [-0.2, 0) is 4.79 Å². The van der Waals surface area contributed by atoms with Gasteiger partial charge in [0.05, 0.1) is 0 Å². The van der Waals surface area contributed by atoms with E-state index in [0.717, 1.165) is 25.7 Å². The van der Waals surface area contributed by atoms with E-state index >= 15 is 0 Å². The summed E-state index contributed by atoms with van der Waals surface area (Å²) in [6.45, 7) is 13.1. The summed E-state index contributed by atoms with van der Waals surface area (Å²) in [5, 5.41) is 3.79. The summed E-state index contributed by atoms with van der Waals surface area (Å²) in [6.07, 6.45) is 12.4. The van der Waals surface area contributed by atoms with Crippen LogP contribution in [-0.4, -0.2) is 11.8 Å². The highest BCUT2D eigenvalue weighted by atomic mass is 16.1. The Bertz CT molecular complexity index is 396. The largest absolute Gasteiger partial charge is 0.385 e. The third-order valence-corrected chi connectivity index (χ3v) is 6.61. The van der Waals surface area contributed by atoms with Crippen LogP contribution in [0.2, 0.25) is 0 Å². The third kappa shape index (κ3) is 5.09. The molecule has 2 nitrogen and oxygen atoms in total. The molecule has 0 atom stereocenters. The van der Waals surface area contributed by atoms with Crippen LogP contribution in [0.5, 0.6) is 0 Å². The topological polar surface area (TPSA) is 29.1 Å². The maximum absolute atomic E-state index is 12.9. The van der Waals surface area contributed by atoms with Crippen molar-refractivity contribution < 1.29 is 4.79 Å². The maximum atomic E-state index is 12.9. The van der Waals surface area contributed by atoms with Crippen LogP contribution in [0.15, 0.2) is 11.8 Å². The quantitative estimate of drug-likeness (QED) is 0.526. The van der Waals surface area contributed by atoms with Crippen LogP contribution in [0.25, 0.3) is 0 Å². The van der Waals surface area contributed by atoms with Crippen molar-refractivity contribution in [3.05, 3.63) is 11.8 Å². The second-order valence-corrected chi connectivity index (χ2v) is 7.94. The fraction of sp³-hybridized carbons (Fsp3) is 0.857. The van der Waals surface area contributed by atoms with Gasteiger partial charge in [0.2, 0.25) is 0 Å². The Kier molecular flexibility index (Phi) is 7.83. The van der Waals surface area contributed by atoms with Crippen molar-refractivity contribution in [3.8, 4) is 0 Å². The molecule has 1 aliphatic rings. The van der Waals surface area contributed by atoms with Crippen LogP contribution in [0.1, 0.15) is 99.3 Å². The molecule has 0 aromatic rings. The summed E-state index contributed by atoms with van der Waals surface area (Å²) in [4.78, 5) is 12.9. The van der Waals surface area contributed by atoms with Gasteiger partial charge in [0.15, 0.2) is 5.78 Å². The second kappa shape index (κ2) is 8.89. The van der Waals surface area contributed by atoms with Crippen molar-refractivity contribution in [1.29, 1.82) is 0 Å². The first-order valence-corrected chi connectivity index (χ1v) is 9.88. The summed E-state index contributed by atoms with van der Waals surface area (Å²) in [7, 11) is 0. The van der Waals surface area contributed by atoms with E-state index in [-0.39, 0.29) is 10.8 Å². The molecule has 0 bridgehead atoms. The van der Waals surface area contributed by atoms with Gasteiger partial charge in [-0.25, -0.2) is 0 Å². The predicted octanol–water partition coefficient (Wildman–Crippen LogP) is 6.01. The number of ketones is 1. The Labute approximate surface area is 144 Å². The lowest BCUT2D eigenvalue weighted by molar-refractivity contribution is -0.123. The highest BCUT2D eigenvalue weighted by Gasteiger charge is 2.32. The monoisotopic (exact) mass is 321 g/mol. The number of nitrogens with one attached hydrogen (secondary N) is 1. The molecule has 0 aromatic carbocycles. The minimum Gasteiger partial charge on any atom is -0.385 e. The van der Waals surface area contributed by atoms with E-state index < -0.39 is 0 Å². The van der Waals surface area contributed by atoms with Gasteiger partial charge in [-0.05, 0) is 38.5 Å². The smallest absolute Gasteiger partial charge is 0.163 e. The molecule has 0 saturated heterocycles. The molecule has 1 fully saturated rings. The second-order valence-electron chi connectivity index (χ2n) is 7.94. The number of rotatable bonds is 9. The Balaban J connectivity index is 3.06. The van der Waals surface area contributed by atoms with Gasteiger partial charge in [0.1, 0.15) is 0 Å². The normalized spacial score (nSPS) is 18.1. The minimum absolute atomic E-state index is 0.0789. The van der Waals surface area contributed by atoms with Crippen molar-refractivity contribution in [2.75, 3.05) is 0 Å². The number of hydrogen-bond donors (Lipinski definition) is 1. The lowest BCUT2D eigenvalue weighted by atomic mass is 9.76. The zero-order valence-corrected chi connectivity index (χ0v) is 16.4. The lowest BCUT2D eigenvalue weighted by Gasteiger charge is -2.36. The zero-order valence-electron chi connectivity index (χ0n) is 16.4. The van der Waals surface area contributed by atoms with Gasteiger partial charge >= 0.3 is 0 Å². The number of allylic oxidation sites excluding steroid dienone is 2. The highest BCUT2D eigenvalue weighted by Crippen LogP contribution is 2.36. The molecule has 23 heavy (non-hydrogen) atoms. The van der Waals surface area contributed by atoms with E-state index in [0.29, 0.717) is 11.8 Å². The molecule has 1 rings (SSSR count). The van der Waals surface area contributed by atoms with Crippen LogP contribution in [0.3, 0.4) is 0 Å². The fourth-order valence-electron chi connectivity index (χ4n) is 3.39. The molecule has 2 heteroatoms. The first kappa shape index (κ1) is 20.3. The molecule has 0 spiro atoms. The maximum Gasteiger partial charge on any atom is 0.163 e. The van der Waals surface area contributed by atoms with E-state index in [1.54, 1.807) is 0 Å². The van der Waals surface area contributed by atoms with Crippen LogP contribution < -0.4 is 5.32 Å². The summed E-state index contributed by atoms with van der Waals surface area (Å²) in [5.74, 6) is 0.300. The molecule has 0 unspecified atom stereocenters. The number of carbonyl (C=O) groups excluding carboxylic acids is 1. The van der Waals surface area contributed by atoms with Gasteiger partial charge in [-0.2, -0.15) is 0 Å². The number of hydrogen-bond acceptors (Lipinski definition) is 2. The Morgan fingerprint density at radius 3 is 1.83 bits per heavy atom. The lowest BCUT2D eigenvalue weighted by Crippen LogP contribution is -2.38. The first-order chi connectivity index (χ1) is 10.8. The van der Waals surface area contributed by atoms with E-state index in [1.807, 2.05) is 6.08 Å². The molecule has 1 saturated carbocycles. The Morgan fingerprint density at radius 2 is 1.39 bits per heavy atom. The van der Waals surface area contributed by atoms with Gasteiger partial charge < -0.3 is 5.32 Å². The van der Waals surface area contributed by atoms with E-state index in [1.165, 1.54) is 37.8 Å². The summed E-state index contributed by atoms with van der Waals surface area (Å²) in [6, 6.07) is 0.551. The standard InChI is InChI=1S/C21H39NO/c1-7-20(5,8-2)18(22-17-14-12-11-13-15-17)16-19(23)21(6,9-3)10-4/h16-17,22H,7-15H2,1-6H3. The molecular formula is C21H39NO.